The molecule has 0 aliphatic carbocycles. The lowest BCUT2D eigenvalue weighted by Gasteiger charge is -1.93. The molecule has 0 bridgehead atoms. The Morgan fingerprint density at radius 3 is 2.73 bits per heavy atom. The van der Waals surface area contributed by atoms with Crippen molar-refractivity contribution in [2.24, 2.45) is 0 Å². The van der Waals surface area contributed by atoms with E-state index in [-0.39, 0.29) is 0 Å². The van der Waals surface area contributed by atoms with Gasteiger partial charge >= 0.3 is 0 Å². The summed E-state index contributed by atoms with van der Waals surface area (Å²) >= 11 is 0. The van der Waals surface area contributed by atoms with Crippen LogP contribution in [0.4, 0.5) is 0 Å². The summed E-state index contributed by atoms with van der Waals surface area (Å²) in [6.07, 6.45) is 1.94. The minimum Gasteiger partial charge on any atom is -0.339 e. The summed E-state index contributed by atoms with van der Waals surface area (Å²) in [5, 5.41) is 2.43. The molecular formula is C9H10N2. The van der Waals surface area contributed by atoms with E-state index < -0.39 is 0 Å². The average molecular weight is 146 g/mol. The summed E-state index contributed by atoms with van der Waals surface area (Å²) in [6, 6.07) is 8.18. The number of nitrogens with zero attached hydrogens (tertiary/aromatic N) is 1. The van der Waals surface area contributed by atoms with Crippen molar-refractivity contribution in [2.45, 2.75) is 6.92 Å². The van der Waals surface area contributed by atoms with E-state index in [2.05, 4.69) is 12.1 Å². The van der Waals surface area contributed by atoms with E-state index >= 15 is 0 Å². The number of nitrogen functional groups attached to an aromatic ring is 1. The minimum absolute atomic E-state index is 1.11. The number of aromatic nitrogens is 1. The maximum absolute atomic E-state index is 5.67. The summed E-state index contributed by atoms with van der Waals surface area (Å²) in [6.45, 7) is 2.02. The molecule has 0 spiro atoms. The molecule has 2 aromatic rings. The second-order valence-corrected chi connectivity index (χ2v) is 2.71. The van der Waals surface area contributed by atoms with Crippen LogP contribution in [0.2, 0.25) is 0 Å². The maximum Gasteiger partial charge on any atom is 0.0439 e. The summed E-state index contributed by atoms with van der Waals surface area (Å²) in [5.41, 5.74) is 1.11. The number of aryl methyl sites for hydroxylation is 1. The van der Waals surface area contributed by atoms with Gasteiger partial charge in [0.1, 0.15) is 0 Å². The molecule has 0 atom stereocenters. The van der Waals surface area contributed by atoms with Crippen molar-refractivity contribution in [1.29, 1.82) is 0 Å². The van der Waals surface area contributed by atoms with E-state index in [0.717, 1.165) is 5.69 Å². The van der Waals surface area contributed by atoms with E-state index in [1.165, 1.54) is 10.8 Å². The molecule has 2 rings (SSSR count). The van der Waals surface area contributed by atoms with Gasteiger partial charge in [0.05, 0.1) is 0 Å². The van der Waals surface area contributed by atoms with Gasteiger partial charge in [0, 0.05) is 22.7 Å². The van der Waals surface area contributed by atoms with Gasteiger partial charge in [0.15, 0.2) is 0 Å². The lowest BCUT2D eigenvalue weighted by atomic mass is 10.2. The monoisotopic (exact) mass is 146 g/mol. The predicted octanol–water partition coefficient (Wildman–Crippen LogP) is 1.66. The van der Waals surface area contributed by atoms with Crippen LogP contribution in [0.15, 0.2) is 30.5 Å². The lowest BCUT2D eigenvalue weighted by Crippen LogP contribution is -2.07. The highest BCUT2D eigenvalue weighted by atomic mass is 15.3. The minimum atomic E-state index is 1.11. The van der Waals surface area contributed by atoms with Crippen molar-refractivity contribution >= 4 is 10.8 Å². The van der Waals surface area contributed by atoms with Crippen molar-refractivity contribution in [3.05, 3.63) is 36.2 Å². The first-order valence-electron chi connectivity index (χ1n) is 3.61. The first-order valence-corrected chi connectivity index (χ1v) is 3.61. The van der Waals surface area contributed by atoms with Crippen molar-refractivity contribution < 1.29 is 0 Å². The Labute approximate surface area is 65.2 Å². The maximum atomic E-state index is 5.67. The largest absolute Gasteiger partial charge is 0.339 e. The van der Waals surface area contributed by atoms with Gasteiger partial charge < -0.3 is 5.84 Å². The number of benzene rings is 1. The third kappa shape index (κ3) is 0.792. The molecule has 1 heterocycles. The number of hydrogen-bond acceptors (Lipinski definition) is 1. The summed E-state index contributed by atoms with van der Waals surface area (Å²) < 4.78 is 1.66. The van der Waals surface area contributed by atoms with Gasteiger partial charge in [-0.1, -0.05) is 24.3 Å². The third-order valence-electron chi connectivity index (χ3n) is 2.02. The van der Waals surface area contributed by atoms with Crippen LogP contribution < -0.4 is 5.84 Å². The van der Waals surface area contributed by atoms with E-state index in [4.69, 9.17) is 5.84 Å². The highest BCUT2D eigenvalue weighted by Crippen LogP contribution is 2.17. The third-order valence-corrected chi connectivity index (χ3v) is 2.02. The highest BCUT2D eigenvalue weighted by molar-refractivity contribution is 5.85. The number of nitrogens with two attached hydrogens (primary N) is 1. The molecule has 2 N–H and O–H groups in total. The molecule has 56 valence electrons. The Balaban J connectivity index is 2.92. The fraction of sp³-hybridized carbons (Fsp3) is 0.111. The summed E-state index contributed by atoms with van der Waals surface area (Å²) in [5.74, 6) is 5.67. The van der Waals surface area contributed by atoms with Gasteiger partial charge in [-0.2, -0.15) is 0 Å². The average Bonchev–Trinajstić information content (AvgIpc) is 2.30. The zero-order valence-electron chi connectivity index (χ0n) is 6.41. The van der Waals surface area contributed by atoms with Crippen molar-refractivity contribution in [2.75, 3.05) is 5.84 Å². The van der Waals surface area contributed by atoms with Gasteiger partial charge in [-0.25, -0.2) is 0 Å². The Hall–Kier alpha value is -1.44. The Kier molecular flexibility index (Phi) is 1.15. The molecule has 0 unspecified atom stereocenters. The Morgan fingerprint density at radius 1 is 1.27 bits per heavy atom. The van der Waals surface area contributed by atoms with Crippen LogP contribution in [0.1, 0.15) is 5.69 Å². The van der Waals surface area contributed by atoms with Crippen LogP contribution in [-0.4, -0.2) is 4.68 Å². The van der Waals surface area contributed by atoms with Crippen LogP contribution >= 0.6 is 0 Å². The number of hydrogen-bond donors (Lipinski definition) is 1. The summed E-state index contributed by atoms with van der Waals surface area (Å²) in [4.78, 5) is 0. The molecule has 2 heteroatoms. The SMILES string of the molecule is Cc1c2ccccc2cn1N. The quantitative estimate of drug-likeness (QED) is 0.563. The molecule has 0 amide bonds. The van der Waals surface area contributed by atoms with E-state index in [1.54, 1.807) is 4.68 Å². The molecule has 0 radical (unpaired) electrons. The highest BCUT2D eigenvalue weighted by Gasteiger charge is 1.99. The lowest BCUT2D eigenvalue weighted by molar-refractivity contribution is 0.970. The van der Waals surface area contributed by atoms with E-state index in [1.807, 2.05) is 25.3 Å². The molecule has 2 nitrogen and oxygen atoms in total. The molecule has 0 saturated carbocycles. The van der Waals surface area contributed by atoms with Gasteiger partial charge in [0.2, 0.25) is 0 Å². The first-order chi connectivity index (χ1) is 5.29. The normalized spacial score (nSPS) is 10.6. The number of fused-ring (bicyclic) bond motifs is 1. The molecule has 0 fully saturated rings. The van der Waals surface area contributed by atoms with Crippen LogP contribution in [0.5, 0.6) is 0 Å². The molecule has 0 aliphatic heterocycles. The topological polar surface area (TPSA) is 30.9 Å². The molecule has 1 aromatic carbocycles. The van der Waals surface area contributed by atoms with E-state index in [9.17, 15) is 0 Å². The number of rotatable bonds is 0. The van der Waals surface area contributed by atoms with Crippen molar-refractivity contribution in [3.63, 3.8) is 0 Å². The van der Waals surface area contributed by atoms with Crippen LogP contribution in [0.25, 0.3) is 10.8 Å². The second kappa shape index (κ2) is 2.02. The molecule has 1 aromatic heterocycles. The fourth-order valence-corrected chi connectivity index (χ4v) is 1.32. The van der Waals surface area contributed by atoms with Crippen LogP contribution in [-0.2, 0) is 0 Å². The van der Waals surface area contributed by atoms with Crippen LogP contribution in [0.3, 0.4) is 0 Å². The van der Waals surface area contributed by atoms with Crippen LogP contribution in [0, 0.1) is 6.92 Å². The molecule has 0 saturated heterocycles. The van der Waals surface area contributed by atoms with E-state index in [0.29, 0.717) is 0 Å². The standard InChI is InChI=1S/C9H10N2/c1-7-9-5-3-2-4-8(9)6-11(7)10/h2-6H,10H2,1H3. The summed E-state index contributed by atoms with van der Waals surface area (Å²) in [7, 11) is 0. The van der Waals surface area contributed by atoms with Gasteiger partial charge in [-0.15, -0.1) is 0 Å². The van der Waals surface area contributed by atoms with Gasteiger partial charge in [0.25, 0.3) is 0 Å². The second-order valence-electron chi connectivity index (χ2n) is 2.71. The van der Waals surface area contributed by atoms with Gasteiger partial charge in [-0.3, -0.25) is 4.68 Å². The molecule has 0 aliphatic rings. The van der Waals surface area contributed by atoms with Crippen molar-refractivity contribution in [3.8, 4) is 0 Å². The predicted molar refractivity (Wildman–Crippen MR) is 46.8 cm³/mol. The van der Waals surface area contributed by atoms with Gasteiger partial charge in [-0.05, 0) is 6.92 Å². The molecule has 11 heavy (non-hydrogen) atoms. The zero-order chi connectivity index (χ0) is 7.84. The fourth-order valence-electron chi connectivity index (χ4n) is 1.32. The Bertz CT molecular complexity index is 387. The smallest absolute Gasteiger partial charge is 0.0439 e. The first kappa shape index (κ1) is 6.28. The zero-order valence-corrected chi connectivity index (χ0v) is 6.41. The Morgan fingerprint density at radius 2 is 2.00 bits per heavy atom. The molecular weight excluding hydrogens is 136 g/mol. The van der Waals surface area contributed by atoms with Crippen molar-refractivity contribution in [1.82, 2.24) is 4.68 Å².